The predicted molar refractivity (Wildman–Crippen MR) is 193 cm³/mol. The van der Waals surface area contributed by atoms with Crippen molar-refractivity contribution in [2.24, 2.45) is 5.92 Å². The quantitative estimate of drug-likeness (QED) is 0.160. The summed E-state index contributed by atoms with van der Waals surface area (Å²) in [5, 5.41) is 29.0. The van der Waals surface area contributed by atoms with Crippen molar-refractivity contribution in [3.05, 3.63) is 126 Å². The molecular formula is C38H39N11O2. The molecule has 0 saturated heterocycles. The molecule has 13 heteroatoms. The molecule has 1 unspecified atom stereocenters. The number of hydrogen-bond donors (Lipinski definition) is 2. The number of amides is 2. The van der Waals surface area contributed by atoms with Crippen molar-refractivity contribution in [2.75, 3.05) is 13.1 Å². The van der Waals surface area contributed by atoms with Crippen LogP contribution in [-0.2, 0) is 13.1 Å². The van der Waals surface area contributed by atoms with E-state index in [9.17, 15) is 9.59 Å². The third-order valence-electron chi connectivity index (χ3n) is 8.93. The molecule has 51 heavy (non-hydrogen) atoms. The van der Waals surface area contributed by atoms with Gasteiger partial charge in [0.05, 0.1) is 18.4 Å². The Morgan fingerprint density at radius 1 is 0.863 bits per heavy atom. The number of hydrogen-bond acceptors (Lipinski definition) is 8. The first-order chi connectivity index (χ1) is 24.8. The summed E-state index contributed by atoms with van der Waals surface area (Å²) in [4.78, 5) is 30.3. The van der Waals surface area contributed by atoms with E-state index >= 15 is 0 Å². The first kappa shape index (κ1) is 33.3. The van der Waals surface area contributed by atoms with Crippen molar-refractivity contribution in [3.63, 3.8) is 0 Å². The lowest BCUT2D eigenvalue weighted by Gasteiger charge is -2.19. The van der Waals surface area contributed by atoms with Crippen LogP contribution in [0.4, 0.5) is 0 Å². The maximum absolute atomic E-state index is 13.2. The molecule has 0 aliphatic carbocycles. The van der Waals surface area contributed by atoms with Crippen molar-refractivity contribution >= 4 is 28.4 Å². The number of benzene rings is 2. The average molecular weight is 682 g/mol. The second kappa shape index (κ2) is 14.7. The van der Waals surface area contributed by atoms with Crippen LogP contribution in [0.5, 0.6) is 0 Å². The molecule has 5 aromatic heterocycles. The number of para-hydroxylation sites is 1. The highest BCUT2D eigenvalue weighted by Gasteiger charge is 2.24. The molecule has 1 atom stereocenters. The summed E-state index contributed by atoms with van der Waals surface area (Å²) in [6, 6.07) is 27.7. The lowest BCUT2D eigenvalue weighted by molar-refractivity contribution is 0.0947. The Hall–Kier alpha value is -6.24. The Morgan fingerprint density at radius 3 is 2.53 bits per heavy atom. The maximum Gasteiger partial charge on any atom is 0.269 e. The Morgan fingerprint density at radius 2 is 1.69 bits per heavy atom. The van der Waals surface area contributed by atoms with Crippen molar-refractivity contribution in [3.8, 4) is 11.3 Å². The molecule has 258 valence electrons. The number of nitrogens with zero attached hydrogens (tertiary/aromatic N) is 9. The molecule has 7 rings (SSSR count). The number of fused-ring (bicyclic) bond motifs is 2. The number of aromatic nitrogens is 9. The van der Waals surface area contributed by atoms with Gasteiger partial charge in [0.15, 0.2) is 11.5 Å². The molecule has 0 saturated carbocycles. The molecule has 0 fully saturated rings. The van der Waals surface area contributed by atoms with E-state index in [0.717, 1.165) is 28.2 Å². The van der Waals surface area contributed by atoms with E-state index < -0.39 is 0 Å². The fourth-order valence-corrected chi connectivity index (χ4v) is 6.20. The molecule has 0 aliphatic heterocycles. The molecule has 0 aliphatic rings. The minimum atomic E-state index is -0.353. The summed E-state index contributed by atoms with van der Waals surface area (Å²) in [7, 11) is 0. The largest absolute Gasteiger partial charge is 0.351 e. The zero-order valence-electron chi connectivity index (χ0n) is 28.8. The Kier molecular flexibility index (Phi) is 9.59. The van der Waals surface area contributed by atoms with Crippen LogP contribution in [0.25, 0.3) is 27.8 Å². The third-order valence-corrected chi connectivity index (χ3v) is 8.93. The van der Waals surface area contributed by atoms with Gasteiger partial charge in [0.2, 0.25) is 0 Å². The number of nitrogens with one attached hydrogen (secondary N) is 2. The molecule has 2 amide bonds. The van der Waals surface area contributed by atoms with Crippen LogP contribution in [0.15, 0.2) is 97.3 Å². The third kappa shape index (κ3) is 7.37. The second-order valence-electron chi connectivity index (χ2n) is 12.9. The van der Waals surface area contributed by atoms with E-state index in [4.69, 9.17) is 0 Å². The molecule has 0 radical (unpaired) electrons. The molecule has 2 aromatic carbocycles. The van der Waals surface area contributed by atoms with Crippen LogP contribution in [-0.4, -0.2) is 69.3 Å². The van der Waals surface area contributed by atoms with Gasteiger partial charge in [-0.25, -0.2) is 0 Å². The van der Waals surface area contributed by atoms with Gasteiger partial charge in [0.25, 0.3) is 11.8 Å². The second-order valence-corrected chi connectivity index (χ2v) is 12.9. The smallest absolute Gasteiger partial charge is 0.269 e. The van der Waals surface area contributed by atoms with Crippen molar-refractivity contribution < 1.29 is 9.59 Å². The minimum absolute atomic E-state index is 0.121. The van der Waals surface area contributed by atoms with Crippen LogP contribution in [0, 0.1) is 12.8 Å². The predicted octanol–water partition coefficient (Wildman–Crippen LogP) is 5.08. The molecule has 5 heterocycles. The van der Waals surface area contributed by atoms with Crippen LogP contribution < -0.4 is 10.6 Å². The van der Waals surface area contributed by atoms with Gasteiger partial charge in [0, 0.05) is 53.9 Å². The van der Waals surface area contributed by atoms with E-state index in [-0.39, 0.29) is 29.3 Å². The molecular weight excluding hydrogens is 642 g/mol. The van der Waals surface area contributed by atoms with E-state index in [1.807, 2.05) is 55.6 Å². The van der Waals surface area contributed by atoms with Crippen molar-refractivity contribution in [1.29, 1.82) is 0 Å². The Balaban J connectivity index is 0.924. The van der Waals surface area contributed by atoms with Gasteiger partial charge in [-0.3, -0.25) is 19.3 Å². The maximum atomic E-state index is 13.2. The van der Waals surface area contributed by atoms with Crippen molar-refractivity contribution in [2.45, 2.75) is 46.2 Å². The van der Waals surface area contributed by atoms with Crippen LogP contribution in [0.1, 0.15) is 64.2 Å². The summed E-state index contributed by atoms with van der Waals surface area (Å²) in [6.45, 7) is 7.94. The molecule has 2 N–H and O–H groups in total. The van der Waals surface area contributed by atoms with Gasteiger partial charge in [-0.2, -0.15) is 9.61 Å². The fraction of sp³-hybridized carbons (Fsp3) is 0.263. The number of carbonyl (C=O) groups excluding carboxylic acids is 2. The first-order valence-electron chi connectivity index (χ1n) is 17.1. The molecule has 0 spiro atoms. The van der Waals surface area contributed by atoms with E-state index in [2.05, 4.69) is 90.0 Å². The van der Waals surface area contributed by atoms with E-state index in [0.29, 0.717) is 49.6 Å². The fourth-order valence-electron chi connectivity index (χ4n) is 6.20. The van der Waals surface area contributed by atoms with Gasteiger partial charge >= 0.3 is 0 Å². The van der Waals surface area contributed by atoms with Crippen LogP contribution in [0.2, 0.25) is 0 Å². The van der Waals surface area contributed by atoms with E-state index in [1.54, 1.807) is 15.3 Å². The Labute approximate surface area is 294 Å². The normalized spacial score (nSPS) is 12.1. The van der Waals surface area contributed by atoms with Gasteiger partial charge < -0.3 is 15.2 Å². The minimum Gasteiger partial charge on any atom is -0.351 e. The standard InChI is InChI=1S/C38H39N11O2/c1-25(2)31(36-44-43-35-15-14-26(3)45-49(35)36)22-41-37(50)29-16-18-39-32(20-29)38(51)40-17-9-19-47-23-30(42-46-47)24-48-33-13-8-7-12-28(33)21-34(48)27-10-5-4-6-11-27/h4-8,10-16,18,20-21,23,25,31H,9,17,19,22,24H2,1-3H3,(H,40,51)(H,41,50). The van der Waals surface area contributed by atoms with Crippen molar-refractivity contribution in [1.82, 2.24) is 55.0 Å². The Bertz CT molecular complexity index is 2310. The summed E-state index contributed by atoms with van der Waals surface area (Å²) >= 11 is 0. The monoisotopic (exact) mass is 681 g/mol. The van der Waals surface area contributed by atoms with E-state index in [1.165, 1.54) is 17.6 Å². The zero-order chi connectivity index (χ0) is 35.3. The summed E-state index contributed by atoms with van der Waals surface area (Å²) in [6.07, 6.45) is 4.05. The highest BCUT2D eigenvalue weighted by atomic mass is 16.2. The molecule has 13 nitrogen and oxygen atoms in total. The number of pyridine rings is 1. The van der Waals surface area contributed by atoms with Gasteiger partial charge in [-0.1, -0.05) is 67.6 Å². The summed E-state index contributed by atoms with van der Waals surface area (Å²) in [5.74, 6) is 0.0707. The van der Waals surface area contributed by atoms with Gasteiger partial charge in [-0.15, -0.1) is 15.3 Å². The average Bonchev–Trinajstić information content (AvgIpc) is 3.88. The zero-order valence-corrected chi connectivity index (χ0v) is 28.8. The number of carbonyl (C=O) groups is 2. The number of rotatable bonds is 13. The lowest BCUT2D eigenvalue weighted by atomic mass is 9.95. The highest BCUT2D eigenvalue weighted by Crippen LogP contribution is 2.29. The summed E-state index contributed by atoms with van der Waals surface area (Å²) in [5.41, 5.74) is 6.26. The number of aryl methyl sites for hydroxylation is 2. The first-order valence-corrected chi connectivity index (χ1v) is 17.1. The highest BCUT2D eigenvalue weighted by molar-refractivity contribution is 5.98. The molecule has 7 aromatic rings. The van der Waals surface area contributed by atoms with Crippen LogP contribution in [0.3, 0.4) is 0 Å². The topological polar surface area (TPSA) is 150 Å². The van der Waals surface area contributed by atoms with Crippen LogP contribution >= 0.6 is 0 Å². The van der Waals surface area contributed by atoms with Gasteiger partial charge in [0.1, 0.15) is 11.4 Å². The lowest BCUT2D eigenvalue weighted by Crippen LogP contribution is -2.32. The molecule has 0 bridgehead atoms. The van der Waals surface area contributed by atoms with Gasteiger partial charge in [-0.05, 0) is 61.2 Å². The SMILES string of the molecule is Cc1ccc2nnc(C(CNC(=O)c3ccnc(C(=O)NCCCn4cc(Cn5c(-c6ccccc6)cc6ccccc65)nn4)c3)C(C)C)n2n1. The summed E-state index contributed by atoms with van der Waals surface area (Å²) < 4.78 is 5.79.